The van der Waals surface area contributed by atoms with Gasteiger partial charge in [-0.2, -0.15) is 15.0 Å². The van der Waals surface area contributed by atoms with Crippen molar-refractivity contribution in [3.8, 4) is 0 Å². The highest BCUT2D eigenvalue weighted by Crippen LogP contribution is 2.25. The normalized spacial score (nSPS) is 28.2. The van der Waals surface area contributed by atoms with E-state index in [9.17, 15) is 0 Å². The summed E-state index contributed by atoms with van der Waals surface area (Å²) in [6, 6.07) is 0.376. The summed E-state index contributed by atoms with van der Waals surface area (Å²) < 4.78 is 16.4. The van der Waals surface area contributed by atoms with E-state index < -0.39 is 0 Å². The van der Waals surface area contributed by atoms with Gasteiger partial charge in [0.05, 0.1) is 51.2 Å². The fourth-order valence-corrected chi connectivity index (χ4v) is 3.33. The maximum absolute atomic E-state index is 6.20. The molecule has 0 aliphatic carbocycles. The Morgan fingerprint density at radius 1 is 1.08 bits per heavy atom. The van der Waals surface area contributed by atoms with Gasteiger partial charge in [-0.1, -0.05) is 0 Å². The van der Waals surface area contributed by atoms with Gasteiger partial charge >= 0.3 is 0 Å². The third-order valence-electron chi connectivity index (χ3n) is 4.34. The minimum absolute atomic E-state index is 0.0483. The van der Waals surface area contributed by atoms with E-state index in [1.54, 1.807) is 7.11 Å². The van der Waals surface area contributed by atoms with E-state index in [1.807, 2.05) is 0 Å². The number of hydrogen-bond acceptors (Lipinski definition) is 8. The van der Waals surface area contributed by atoms with Crippen molar-refractivity contribution in [2.75, 3.05) is 56.5 Å². The van der Waals surface area contributed by atoms with Crippen LogP contribution in [0, 0.1) is 0 Å². The molecule has 24 heavy (non-hydrogen) atoms. The van der Waals surface area contributed by atoms with E-state index in [1.165, 1.54) is 0 Å². The van der Waals surface area contributed by atoms with Crippen molar-refractivity contribution in [1.29, 1.82) is 0 Å². The van der Waals surface area contributed by atoms with Crippen molar-refractivity contribution in [3.05, 3.63) is 5.28 Å². The van der Waals surface area contributed by atoms with E-state index >= 15 is 0 Å². The first kappa shape index (κ1) is 17.6. The molecule has 0 radical (unpaired) electrons. The number of methoxy groups -OCH3 is 1. The average Bonchev–Trinajstić information content (AvgIpc) is 2.55. The Bertz CT molecular complexity index is 562. The summed E-state index contributed by atoms with van der Waals surface area (Å²) >= 11 is 6.20. The summed E-state index contributed by atoms with van der Waals surface area (Å²) in [5.41, 5.74) is 0. The van der Waals surface area contributed by atoms with Crippen LogP contribution >= 0.6 is 11.6 Å². The zero-order valence-electron chi connectivity index (χ0n) is 14.3. The lowest BCUT2D eigenvalue weighted by Crippen LogP contribution is -2.54. The molecule has 0 aromatic carbocycles. The molecule has 0 amide bonds. The molecule has 2 saturated heterocycles. The van der Waals surface area contributed by atoms with Gasteiger partial charge in [0.2, 0.25) is 17.2 Å². The SMILES string of the molecule is COC[C@@H]1COC[C@H](C)N1c1nc(Cl)nc(N2CCOC[C@H]2C)n1. The lowest BCUT2D eigenvalue weighted by Gasteiger charge is -2.40. The Kier molecular flexibility index (Phi) is 5.70. The van der Waals surface area contributed by atoms with Crippen LogP contribution in [0.25, 0.3) is 0 Å². The molecule has 0 bridgehead atoms. The standard InChI is InChI=1S/C15H24ClN5O3/c1-10-6-23-5-4-20(10)14-17-13(16)18-15(19-14)21-11(2)7-24-9-12(21)8-22-3/h10-12H,4-9H2,1-3H3/t10-,11+,12-/m1/s1. The molecule has 2 aliphatic rings. The van der Waals surface area contributed by atoms with Gasteiger partial charge in [0.15, 0.2) is 0 Å². The molecule has 0 saturated carbocycles. The van der Waals surface area contributed by atoms with Crippen LogP contribution in [-0.2, 0) is 14.2 Å². The van der Waals surface area contributed by atoms with Gasteiger partial charge in [0.25, 0.3) is 0 Å². The number of ether oxygens (including phenoxy) is 3. The summed E-state index contributed by atoms with van der Waals surface area (Å²) in [7, 11) is 1.68. The first-order valence-electron chi connectivity index (χ1n) is 8.21. The Hall–Kier alpha value is -1.22. The van der Waals surface area contributed by atoms with Crippen molar-refractivity contribution in [2.24, 2.45) is 0 Å². The van der Waals surface area contributed by atoms with Gasteiger partial charge in [-0.15, -0.1) is 0 Å². The van der Waals surface area contributed by atoms with Crippen molar-refractivity contribution in [2.45, 2.75) is 32.0 Å². The van der Waals surface area contributed by atoms with E-state index in [2.05, 4.69) is 33.6 Å². The molecular weight excluding hydrogens is 334 g/mol. The predicted octanol–water partition coefficient (Wildman–Crippen LogP) is 0.990. The summed E-state index contributed by atoms with van der Waals surface area (Å²) in [5, 5.41) is 0.198. The second-order valence-corrected chi connectivity index (χ2v) is 6.56. The van der Waals surface area contributed by atoms with Crippen molar-refractivity contribution in [1.82, 2.24) is 15.0 Å². The summed E-state index contributed by atoms with van der Waals surface area (Å²) in [6.45, 7) is 7.94. The Labute approximate surface area is 147 Å². The van der Waals surface area contributed by atoms with Crippen molar-refractivity contribution >= 4 is 23.5 Å². The molecule has 0 N–H and O–H groups in total. The maximum Gasteiger partial charge on any atom is 0.232 e. The van der Waals surface area contributed by atoms with Gasteiger partial charge in [-0.05, 0) is 25.4 Å². The second kappa shape index (κ2) is 7.77. The second-order valence-electron chi connectivity index (χ2n) is 6.22. The highest BCUT2D eigenvalue weighted by atomic mass is 35.5. The van der Waals surface area contributed by atoms with E-state index in [0.29, 0.717) is 44.9 Å². The van der Waals surface area contributed by atoms with E-state index in [-0.39, 0.29) is 23.4 Å². The van der Waals surface area contributed by atoms with Gasteiger partial charge in [-0.25, -0.2) is 0 Å². The summed E-state index contributed by atoms with van der Waals surface area (Å²) in [6.07, 6.45) is 0. The number of morpholine rings is 2. The molecular formula is C15H24ClN5O3. The highest BCUT2D eigenvalue weighted by Gasteiger charge is 2.32. The van der Waals surface area contributed by atoms with Crippen LogP contribution < -0.4 is 9.80 Å². The van der Waals surface area contributed by atoms with Crippen LogP contribution in [0.2, 0.25) is 5.28 Å². The van der Waals surface area contributed by atoms with E-state index in [0.717, 1.165) is 6.54 Å². The number of anilines is 2. The van der Waals surface area contributed by atoms with Gasteiger partial charge < -0.3 is 24.0 Å². The Morgan fingerprint density at radius 3 is 2.58 bits per heavy atom. The van der Waals surface area contributed by atoms with Gasteiger partial charge in [0, 0.05) is 13.7 Å². The first-order valence-corrected chi connectivity index (χ1v) is 8.59. The molecule has 3 heterocycles. The topological polar surface area (TPSA) is 72.8 Å². The zero-order valence-corrected chi connectivity index (χ0v) is 15.1. The molecule has 1 aromatic rings. The lowest BCUT2D eigenvalue weighted by atomic mass is 10.2. The highest BCUT2D eigenvalue weighted by molar-refractivity contribution is 6.28. The van der Waals surface area contributed by atoms with E-state index in [4.69, 9.17) is 30.8 Å². The van der Waals surface area contributed by atoms with Crippen LogP contribution in [-0.4, -0.2) is 79.8 Å². The Morgan fingerprint density at radius 2 is 1.83 bits per heavy atom. The minimum atomic E-state index is 0.0483. The molecule has 2 aliphatic heterocycles. The average molecular weight is 358 g/mol. The van der Waals surface area contributed by atoms with Crippen LogP contribution in [0.15, 0.2) is 0 Å². The number of rotatable bonds is 4. The van der Waals surface area contributed by atoms with Crippen molar-refractivity contribution < 1.29 is 14.2 Å². The molecule has 1 aromatic heterocycles. The number of hydrogen-bond donors (Lipinski definition) is 0. The van der Waals surface area contributed by atoms with Crippen molar-refractivity contribution in [3.63, 3.8) is 0 Å². The maximum atomic E-state index is 6.20. The molecule has 3 rings (SSSR count). The molecule has 134 valence electrons. The summed E-state index contributed by atoms with van der Waals surface area (Å²) in [4.78, 5) is 17.6. The third kappa shape index (κ3) is 3.72. The fourth-order valence-electron chi connectivity index (χ4n) is 3.17. The van der Waals surface area contributed by atoms with Gasteiger partial charge in [0.1, 0.15) is 0 Å². The minimum Gasteiger partial charge on any atom is -0.382 e. The van der Waals surface area contributed by atoms with Gasteiger partial charge in [-0.3, -0.25) is 0 Å². The monoisotopic (exact) mass is 357 g/mol. The fraction of sp³-hybridized carbons (Fsp3) is 0.800. The number of aromatic nitrogens is 3. The van der Waals surface area contributed by atoms with Crippen LogP contribution in [0.5, 0.6) is 0 Å². The number of halogens is 1. The molecule has 9 heteroatoms. The lowest BCUT2D eigenvalue weighted by molar-refractivity contribution is 0.0410. The van der Waals surface area contributed by atoms with Crippen LogP contribution in [0.3, 0.4) is 0 Å². The van der Waals surface area contributed by atoms with Crippen LogP contribution in [0.4, 0.5) is 11.9 Å². The summed E-state index contributed by atoms with van der Waals surface area (Å²) in [5.74, 6) is 1.16. The Balaban J connectivity index is 1.91. The zero-order chi connectivity index (χ0) is 17.1. The molecule has 2 fully saturated rings. The van der Waals surface area contributed by atoms with Crippen LogP contribution in [0.1, 0.15) is 13.8 Å². The first-order chi connectivity index (χ1) is 11.6. The quantitative estimate of drug-likeness (QED) is 0.790. The molecule has 3 atom stereocenters. The smallest absolute Gasteiger partial charge is 0.232 e. The predicted molar refractivity (Wildman–Crippen MR) is 90.9 cm³/mol. The molecule has 0 unspecified atom stereocenters. The third-order valence-corrected chi connectivity index (χ3v) is 4.51. The molecule has 0 spiro atoms. The largest absolute Gasteiger partial charge is 0.382 e. The number of nitrogens with zero attached hydrogens (tertiary/aromatic N) is 5. The molecule has 8 nitrogen and oxygen atoms in total.